The van der Waals surface area contributed by atoms with Crippen molar-refractivity contribution in [2.75, 3.05) is 179 Å². The zero-order valence-electron chi connectivity index (χ0n) is 65.5. The maximum Gasteiger partial charge on any atom is 0.0885 e. The van der Waals surface area contributed by atoms with Gasteiger partial charge in [0, 0.05) is 73.6 Å². The van der Waals surface area contributed by atoms with Crippen molar-refractivity contribution in [1.82, 2.24) is 5.32 Å². The molecule has 0 aliphatic heterocycles. The van der Waals surface area contributed by atoms with E-state index in [-0.39, 0.29) is 0 Å². The highest BCUT2D eigenvalue weighted by Crippen LogP contribution is 2.22. The van der Waals surface area contributed by atoms with Gasteiger partial charge in [-0.25, -0.2) is 0 Å². The molecule has 0 saturated heterocycles. The Bertz CT molecular complexity index is 1260. The first-order valence-corrected chi connectivity index (χ1v) is 34.7. The minimum atomic E-state index is 0.343. The van der Waals surface area contributed by atoms with Crippen LogP contribution in [0.25, 0.3) is 0 Å². The first kappa shape index (κ1) is 104. The molecule has 0 heterocycles. The predicted molar refractivity (Wildman–Crippen MR) is 385 cm³/mol. The van der Waals surface area contributed by atoms with E-state index in [1.807, 2.05) is 13.8 Å². The molecule has 0 fully saturated rings. The number of rotatable bonds is 43. The summed E-state index contributed by atoms with van der Waals surface area (Å²) < 4.78 is 67.9. The molecule has 3 N–H and O–H groups in total. The van der Waals surface area contributed by atoms with Crippen molar-refractivity contribution in [3.05, 3.63) is 12.4 Å². The van der Waals surface area contributed by atoms with Crippen molar-refractivity contribution >= 4 is 0 Å². The van der Waals surface area contributed by atoms with Gasteiger partial charge in [0.05, 0.1) is 112 Å². The van der Waals surface area contributed by atoms with Crippen LogP contribution in [0.1, 0.15) is 258 Å². The Labute approximate surface area is 557 Å². The number of hydrogen-bond donors (Lipinski definition) is 2. The molecule has 0 amide bonds. The minimum absolute atomic E-state index is 0.343. The lowest BCUT2D eigenvalue weighted by Crippen LogP contribution is -2.23. The highest BCUT2D eigenvalue weighted by atomic mass is 16.6. The Kier molecular flexibility index (Phi) is 84.8. The normalized spacial score (nSPS) is 11.7. The van der Waals surface area contributed by atoms with Crippen LogP contribution in [0, 0.1) is 37.9 Å². The molecule has 0 bridgehead atoms. The van der Waals surface area contributed by atoms with Crippen LogP contribution in [0.5, 0.6) is 0 Å². The summed E-state index contributed by atoms with van der Waals surface area (Å²) in [5.74, 6) is 0.559. The number of nitrogens with two attached hydrogens (primary N) is 1. The van der Waals surface area contributed by atoms with Crippen LogP contribution in [-0.4, -0.2) is 179 Å². The Balaban J connectivity index is -0.000000143. The van der Waals surface area contributed by atoms with Gasteiger partial charge in [0.25, 0.3) is 0 Å². The number of methoxy groups -OCH3 is 2. The van der Waals surface area contributed by atoms with E-state index in [9.17, 15) is 0 Å². The van der Waals surface area contributed by atoms with Crippen molar-refractivity contribution in [1.29, 1.82) is 0 Å². The van der Waals surface area contributed by atoms with Gasteiger partial charge >= 0.3 is 0 Å². The lowest BCUT2D eigenvalue weighted by Gasteiger charge is -2.18. The van der Waals surface area contributed by atoms with Crippen molar-refractivity contribution < 1.29 is 61.6 Å². The van der Waals surface area contributed by atoms with Crippen LogP contribution < -0.4 is 11.1 Å². The van der Waals surface area contributed by atoms with Crippen LogP contribution >= 0.6 is 0 Å². The van der Waals surface area contributed by atoms with Crippen LogP contribution in [0.15, 0.2) is 12.4 Å². The first-order valence-electron chi connectivity index (χ1n) is 34.7. The van der Waals surface area contributed by atoms with Gasteiger partial charge in [0.1, 0.15) is 0 Å². The quantitative estimate of drug-likeness (QED) is 0.0555. The molecule has 15 nitrogen and oxygen atoms in total. The van der Waals surface area contributed by atoms with Crippen LogP contribution in [0.4, 0.5) is 0 Å². The number of ether oxygens (including phenoxy) is 13. The molecule has 0 aromatic carbocycles. The summed E-state index contributed by atoms with van der Waals surface area (Å²) in [7, 11) is 3.35. The van der Waals surface area contributed by atoms with E-state index in [1.54, 1.807) is 14.2 Å². The molecule has 0 saturated carbocycles. The fourth-order valence-electron chi connectivity index (χ4n) is 6.10. The molecule has 0 atom stereocenters. The van der Waals surface area contributed by atoms with Gasteiger partial charge in [-0.3, -0.25) is 0 Å². The predicted octanol–water partition coefficient (Wildman–Crippen LogP) is 18.1. The summed E-state index contributed by atoms with van der Waals surface area (Å²) in [4.78, 5) is 0. The highest BCUT2D eigenvalue weighted by Gasteiger charge is 2.12. The fourth-order valence-corrected chi connectivity index (χ4v) is 6.10. The van der Waals surface area contributed by atoms with Gasteiger partial charge in [0.2, 0.25) is 0 Å². The van der Waals surface area contributed by atoms with Gasteiger partial charge in [0.15, 0.2) is 0 Å². The zero-order valence-corrected chi connectivity index (χ0v) is 65.5. The van der Waals surface area contributed by atoms with Gasteiger partial charge in [-0.05, 0) is 110 Å². The van der Waals surface area contributed by atoms with Crippen molar-refractivity contribution in [3.8, 4) is 0 Å². The average molecular weight is 1290 g/mol. The molecule has 89 heavy (non-hydrogen) atoms. The van der Waals surface area contributed by atoms with Crippen LogP contribution in [0.2, 0.25) is 0 Å². The SMILES string of the molecule is C=C(N)NCCC(C)(C)C.CCCC(C)(C)C.CCCC(C)(C)C.CCCOCCC(C)(C)C.CCCOCCOCCOCCOCC.CCOCCOCCC(C)(C)C.COCCOCCC(C)(C)C.COCCOCCOCCOCCC(C)(C)C. The fraction of sp³-hybridized carbons (Fsp3) is 0.973. The zero-order chi connectivity index (χ0) is 70.4. The molecular weight excluding hydrogens is 1120 g/mol. The van der Waals surface area contributed by atoms with Gasteiger partial charge in [-0.15, -0.1) is 0 Å². The molecule has 0 aromatic rings. The Morgan fingerprint density at radius 1 is 0.258 bits per heavy atom. The second-order valence-corrected chi connectivity index (χ2v) is 30.5. The van der Waals surface area contributed by atoms with E-state index in [4.69, 9.17) is 67.3 Å². The number of hydrogen-bond acceptors (Lipinski definition) is 15. The van der Waals surface area contributed by atoms with E-state index in [2.05, 4.69) is 185 Å². The second-order valence-electron chi connectivity index (χ2n) is 30.5. The maximum absolute atomic E-state index is 5.47. The van der Waals surface area contributed by atoms with Gasteiger partial charge in [-0.2, -0.15) is 0 Å². The monoisotopic (exact) mass is 1290 g/mol. The Hall–Kier alpha value is -1.18. The molecule has 0 unspecified atom stereocenters. The molecule has 0 aromatic heterocycles. The molecule has 0 rings (SSSR count). The minimum Gasteiger partial charge on any atom is -0.386 e. The highest BCUT2D eigenvalue weighted by molar-refractivity contribution is 4.82. The summed E-state index contributed by atoms with van der Waals surface area (Å²) in [6, 6.07) is 0. The third-order valence-corrected chi connectivity index (χ3v) is 11.4. The van der Waals surface area contributed by atoms with E-state index >= 15 is 0 Å². The van der Waals surface area contributed by atoms with Gasteiger partial charge < -0.3 is 72.6 Å². The second kappa shape index (κ2) is 72.6. The summed E-state index contributed by atoms with van der Waals surface area (Å²) in [6.45, 7) is 81.2. The number of nitrogens with one attached hydrogen (secondary N) is 1. The van der Waals surface area contributed by atoms with Crippen LogP contribution in [-0.2, 0) is 61.6 Å². The van der Waals surface area contributed by atoms with Crippen molar-refractivity contribution in [3.63, 3.8) is 0 Å². The third kappa shape index (κ3) is 153. The largest absolute Gasteiger partial charge is 0.386 e. The van der Waals surface area contributed by atoms with Crippen LogP contribution in [0.3, 0.4) is 0 Å². The van der Waals surface area contributed by atoms with E-state index in [1.165, 1.54) is 25.7 Å². The molecular formula is C74H164N2O13. The topological polar surface area (TPSA) is 158 Å². The maximum atomic E-state index is 5.47. The lowest BCUT2D eigenvalue weighted by atomic mass is 9.91. The molecule has 0 radical (unpaired) electrons. The summed E-state index contributed by atoms with van der Waals surface area (Å²) in [5.41, 5.74) is 8.32. The van der Waals surface area contributed by atoms with E-state index in [0.717, 1.165) is 118 Å². The van der Waals surface area contributed by atoms with E-state index in [0.29, 0.717) is 136 Å². The smallest absolute Gasteiger partial charge is 0.0885 e. The summed E-state index contributed by atoms with van der Waals surface area (Å²) in [6.07, 6.45) is 13.1. The standard InChI is InChI=1S/C13H28O4.C11H24O4.C10H22O2.C9H20O2.C9H20O.C8H18N2.2C7H16/c1-13(2,3)5-6-15-9-10-17-12-11-16-8-7-14-4;1-3-5-13-8-9-15-11-10-14-7-6-12-4-2;1-5-11-8-9-12-7-6-10(2,3)4;1-9(2,3)5-6-11-8-7-10-4;1-5-7-10-8-6-9(2,3)4;1-7(9)10-6-5-8(2,3)4;2*1-5-6-7(2,3)4/h5-12H2,1-4H3;3-11H2,1-2H3;5-9H2,1-4H3;5-8H2,1-4H3;5-8H2,1-4H3;10H,1,5-6,9H2,2-4H3;2*5-6H2,1-4H3. The van der Waals surface area contributed by atoms with Crippen molar-refractivity contribution in [2.24, 2.45) is 43.6 Å². The molecule has 0 aliphatic rings. The average Bonchev–Trinajstić information content (AvgIpc) is 3.38. The van der Waals surface area contributed by atoms with Gasteiger partial charge in [-0.1, -0.05) is 193 Å². The summed E-state index contributed by atoms with van der Waals surface area (Å²) in [5, 5.41) is 2.99. The molecule has 548 valence electrons. The van der Waals surface area contributed by atoms with Crippen molar-refractivity contribution in [2.45, 2.75) is 258 Å². The Morgan fingerprint density at radius 3 is 0.618 bits per heavy atom. The Morgan fingerprint density at radius 2 is 0.449 bits per heavy atom. The summed E-state index contributed by atoms with van der Waals surface area (Å²) >= 11 is 0. The lowest BCUT2D eigenvalue weighted by molar-refractivity contribution is -0.000386. The molecule has 0 aliphatic carbocycles. The molecule has 15 heteroatoms. The molecule has 0 spiro atoms. The first-order chi connectivity index (χ1) is 41.2. The van der Waals surface area contributed by atoms with E-state index < -0.39 is 0 Å². The third-order valence-electron chi connectivity index (χ3n) is 11.4.